The number of halogens is 1. The minimum Gasteiger partial charge on any atom is -0.489 e. The Balaban J connectivity index is 1.66. The van der Waals surface area contributed by atoms with Gasteiger partial charge in [0.2, 0.25) is 0 Å². The van der Waals surface area contributed by atoms with Gasteiger partial charge in [0.1, 0.15) is 23.9 Å². The van der Waals surface area contributed by atoms with E-state index in [0.29, 0.717) is 17.5 Å². The summed E-state index contributed by atoms with van der Waals surface area (Å²) in [4.78, 5) is 0. The molecule has 2 nitrogen and oxygen atoms in total. The van der Waals surface area contributed by atoms with Crippen LogP contribution in [0.5, 0.6) is 17.2 Å². The smallest absolute Gasteiger partial charge is 0.131 e. The van der Waals surface area contributed by atoms with Gasteiger partial charge < -0.3 is 9.47 Å². The average Bonchev–Trinajstić information content (AvgIpc) is 2.62. The minimum atomic E-state index is 0.423. The Morgan fingerprint density at radius 1 is 0.800 bits per heavy atom. The normalized spacial score (nSPS) is 10.7. The number of rotatable bonds is 6. The van der Waals surface area contributed by atoms with Gasteiger partial charge in [0.05, 0.1) is 0 Å². The van der Waals surface area contributed by atoms with Gasteiger partial charge in [0.25, 0.3) is 0 Å². The summed E-state index contributed by atoms with van der Waals surface area (Å²) >= 11 is 6.16. The van der Waals surface area contributed by atoms with Crippen molar-refractivity contribution in [3.63, 3.8) is 0 Å². The lowest BCUT2D eigenvalue weighted by Crippen LogP contribution is -1.96. The lowest BCUT2D eigenvalue weighted by molar-refractivity contribution is 0.305. The fraction of sp³-hybridized carbons (Fsp3) is 0.182. The van der Waals surface area contributed by atoms with E-state index in [2.05, 4.69) is 26.0 Å². The van der Waals surface area contributed by atoms with Crippen LogP contribution in [0.4, 0.5) is 0 Å². The molecule has 0 aromatic heterocycles. The van der Waals surface area contributed by atoms with Gasteiger partial charge >= 0.3 is 0 Å². The van der Waals surface area contributed by atoms with Crippen molar-refractivity contribution in [2.24, 2.45) is 0 Å². The molecule has 0 spiro atoms. The van der Waals surface area contributed by atoms with Crippen LogP contribution in [0.15, 0.2) is 72.8 Å². The van der Waals surface area contributed by atoms with E-state index >= 15 is 0 Å². The summed E-state index contributed by atoms with van der Waals surface area (Å²) in [5.74, 6) is 2.81. The van der Waals surface area contributed by atoms with Crippen molar-refractivity contribution in [1.82, 2.24) is 0 Å². The molecule has 0 atom stereocenters. The fourth-order valence-corrected chi connectivity index (χ4v) is 2.65. The van der Waals surface area contributed by atoms with Crippen LogP contribution in [0.1, 0.15) is 30.9 Å². The molecule has 0 unspecified atom stereocenters. The number of ether oxygens (including phenoxy) is 2. The topological polar surface area (TPSA) is 18.5 Å². The predicted octanol–water partition coefficient (Wildman–Crippen LogP) is 6.83. The van der Waals surface area contributed by atoms with Crippen LogP contribution < -0.4 is 9.47 Å². The zero-order valence-electron chi connectivity index (χ0n) is 14.4. The van der Waals surface area contributed by atoms with E-state index in [0.717, 1.165) is 22.8 Å². The van der Waals surface area contributed by atoms with E-state index in [4.69, 9.17) is 21.1 Å². The van der Waals surface area contributed by atoms with Gasteiger partial charge in [-0.2, -0.15) is 0 Å². The highest BCUT2D eigenvalue weighted by molar-refractivity contribution is 6.31. The maximum atomic E-state index is 6.16. The summed E-state index contributed by atoms with van der Waals surface area (Å²) in [6.45, 7) is 4.78. The molecule has 0 aliphatic carbocycles. The van der Waals surface area contributed by atoms with Crippen molar-refractivity contribution in [2.75, 3.05) is 0 Å². The first-order chi connectivity index (χ1) is 12.1. The number of hydrogen-bond acceptors (Lipinski definition) is 2. The molecular formula is C22H21ClO2. The Kier molecular flexibility index (Phi) is 5.62. The second-order valence-corrected chi connectivity index (χ2v) is 6.59. The molecule has 0 aliphatic heterocycles. The SMILES string of the molecule is CC(C)c1ccc(Oc2cccc(OCc3ccccc3Cl)c2)cc1. The van der Waals surface area contributed by atoms with E-state index in [1.807, 2.05) is 60.7 Å². The van der Waals surface area contributed by atoms with Gasteiger partial charge in [0, 0.05) is 16.7 Å². The molecule has 128 valence electrons. The molecule has 3 heteroatoms. The number of benzene rings is 3. The maximum absolute atomic E-state index is 6.16. The third-order valence-electron chi connectivity index (χ3n) is 3.94. The van der Waals surface area contributed by atoms with E-state index in [9.17, 15) is 0 Å². The second kappa shape index (κ2) is 8.09. The average molecular weight is 353 g/mol. The highest BCUT2D eigenvalue weighted by Gasteiger charge is 2.04. The quantitative estimate of drug-likeness (QED) is 0.483. The molecule has 3 aromatic rings. The molecule has 0 radical (unpaired) electrons. The Bertz CT molecular complexity index is 825. The molecule has 3 rings (SSSR count). The lowest BCUT2D eigenvalue weighted by Gasteiger charge is -2.11. The van der Waals surface area contributed by atoms with Crippen LogP contribution in [0, 0.1) is 0 Å². The predicted molar refractivity (Wildman–Crippen MR) is 103 cm³/mol. The summed E-state index contributed by atoms with van der Waals surface area (Å²) in [6.07, 6.45) is 0. The van der Waals surface area contributed by atoms with Crippen LogP contribution in [-0.2, 0) is 6.61 Å². The van der Waals surface area contributed by atoms with Crippen molar-refractivity contribution in [1.29, 1.82) is 0 Å². The maximum Gasteiger partial charge on any atom is 0.131 e. The van der Waals surface area contributed by atoms with Crippen LogP contribution in [-0.4, -0.2) is 0 Å². The third kappa shape index (κ3) is 4.77. The Hall–Kier alpha value is -2.45. The standard InChI is InChI=1S/C22H21ClO2/c1-16(2)17-10-12-19(13-11-17)25-21-8-5-7-20(14-21)24-15-18-6-3-4-9-22(18)23/h3-14,16H,15H2,1-2H3. The number of hydrogen-bond donors (Lipinski definition) is 0. The molecule has 0 N–H and O–H groups in total. The molecule has 0 amide bonds. The molecule has 0 saturated heterocycles. The van der Waals surface area contributed by atoms with E-state index in [-0.39, 0.29) is 0 Å². The molecule has 0 aliphatic rings. The Labute approximate surface area is 154 Å². The van der Waals surface area contributed by atoms with Gasteiger partial charge in [0.15, 0.2) is 0 Å². The van der Waals surface area contributed by atoms with Crippen molar-refractivity contribution >= 4 is 11.6 Å². The lowest BCUT2D eigenvalue weighted by atomic mass is 10.0. The van der Waals surface area contributed by atoms with Crippen LogP contribution in [0.3, 0.4) is 0 Å². The van der Waals surface area contributed by atoms with Gasteiger partial charge in [-0.05, 0) is 41.8 Å². The van der Waals surface area contributed by atoms with Gasteiger partial charge in [-0.3, -0.25) is 0 Å². The first-order valence-corrected chi connectivity index (χ1v) is 8.74. The zero-order valence-corrected chi connectivity index (χ0v) is 15.2. The first kappa shape index (κ1) is 17.4. The molecule has 0 fully saturated rings. The van der Waals surface area contributed by atoms with E-state index in [1.165, 1.54) is 5.56 Å². The third-order valence-corrected chi connectivity index (χ3v) is 4.31. The molecule has 0 bridgehead atoms. The fourth-order valence-electron chi connectivity index (χ4n) is 2.46. The van der Waals surface area contributed by atoms with E-state index < -0.39 is 0 Å². The molecule has 3 aromatic carbocycles. The van der Waals surface area contributed by atoms with Crippen LogP contribution in [0.25, 0.3) is 0 Å². The first-order valence-electron chi connectivity index (χ1n) is 8.36. The summed E-state index contributed by atoms with van der Waals surface area (Å²) in [6, 6.07) is 23.5. The zero-order chi connectivity index (χ0) is 17.6. The summed E-state index contributed by atoms with van der Waals surface area (Å²) in [5.41, 5.74) is 2.25. The molecular weight excluding hydrogens is 332 g/mol. The Morgan fingerprint density at radius 2 is 1.52 bits per heavy atom. The molecule has 25 heavy (non-hydrogen) atoms. The highest BCUT2D eigenvalue weighted by Crippen LogP contribution is 2.27. The van der Waals surface area contributed by atoms with Gasteiger partial charge in [-0.1, -0.05) is 61.8 Å². The highest BCUT2D eigenvalue weighted by atomic mass is 35.5. The van der Waals surface area contributed by atoms with Gasteiger partial charge in [-0.25, -0.2) is 0 Å². The van der Waals surface area contributed by atoms with Crippen LogP contribution in [0.2, 0.25) is 5.02 Å². The molecule has 0 saturated carbocycles. The van der Waals surface area contributed by atoms with Crippen LogP contribution >= 0.6 is 11.6 Å². The van der Waals surface area contributed by atoms with Crippen molar-refractivity contribution < 1.29 is 9.47 Å². The summed E-state index contributed by atoms with van der Waals surface area (Å²) in [7, 11) is 0. The Morgan fingerprint density at radius 3 is 2.24 bits per heavy atom. The van der Waals surface area contributed by atoms with Gasteiger partial charge in [-0.15, -0.1) is 0 Å². The molecule has 0 heterocycles. The second-order valence-electron chi connectivity index (χ2n) is 6.18. The summed E-state index contributed by atoms with van der Waals surface area (Å²) < 4.78 is 11.8. The van der Waals surface area contributed by atoms with E-state index in [1.54, 1.807) is 0 Å². The minimum absolute atomic E-state index is 0.423. The largest absolute Gasteiger partial charge is 0.489 e. The van der Waals surface area contributed by atoms with Crippen molar-refractivity contribution in [2.45, 2.75) is 26.4 Å². The monoisotopic (exact) mass is 352 g/mol. The summed E-state index contributed by atoms with van der Waals surface area (Å²) in [5, 5.41) is 0.708. The van der Waals surface area contributed by atoms with Crippen molar-refractivity contribution in [3.8, 4) is 17.2 Å². The van der Waals surface area contributed by atoms with Crippen molar-refractivity contribution in [3.05, 3.63) is 88.9 Å².